The molecule has 4 heteroatoms. The molecule has 0 saturated heterocycles. The molecule has 2 aromatic rings. The fraction of sp³-hybridized carbons (Fsp3) is 0.500. The van der Waals surface area contributed by atoms with Gasteiger partial charge in [0, 0.05) is 12.7 Å². The van der Waals surface area contributed by atoms with E-state index >= 15 is 0 Å². The van der Waals surface area contributed by atoms with Crippen molar-refractivity contribution >= 4 is 0 Å². The van der Waals surface area contributed by atoms with Crippen molar-refractivity contribution in [2.24, 2.45) is 0 Å². The van der Waals surface area contributed by atoms with Crippen LogP contribution in [0.1, 0.15) is 44.2 Å². The second-order valence-corrected chi connectivity index (χ2v) is 4.44. The zero-order valence-electron chi connectivity index (χ0n) is 11.1. The minimum Gasteiger partial charge on any atom is -0.468 e. The molecule has 98 valence electrons. The molecule has 0 aliphatic rings. The van der Waals surface area contributed by atoms with Crippen LogP contribution in [0.15, 0.2) is 35.1 Å². The van der Waals surface area contributed by atoms with Gasteiger partial charge in [0.25, 0.3) is 0 Å². The fourth-order valence-corrected chi connectivity index (χ4v) is 2.06. The first-order valence-corrected chi connectivity index (χ1v) is 6.60. The smallest absolute Gasteiger partial charge is 0.117 e. The molecule has 2 heterocycles. The summed E-state index contributed by atoms with van der Waals surface area (Å²) >= 11 is 0. The largest absolute Gasteiger partial charge is 0.468 e. The lowest BCUT2D eigenvalue weighted by atomic mass is 10.2. The molecular weight excluding hydrogens is 226 g/mol. The van der Waals surface area contributed by atoms with Gasteiger partial charge in [0.1, 0.15) is 5.76 Å². The van der Waals surface area contributed by atoms with E-state index in [9.17, 15) is 0 Å². The van der Waals surface area contributed by atoms with Crippen molar-refractivity contribution in [3.63, 3.8) is 0 Å². The summed E-state index contributed by atoms with van der Waals surface area (Å²) in [7, 11) is 0. The highest BCUT2D eigenvalue weighted by atomic mass is 16.3. The minimum absolute atomic E-state index is 0.517. The molecule has 2 rings (SSSR count). The first-order chi connectivity index (χ1) is 8.83. The van der Waals surface area contributed by atoms with Gasteiger partial charge >= 0.3 is 0 Å². The molecule has 0 saturated carbocycles. The minimum atomic E-state index is 0.517. The Kier molecular flexibility index (Phi) is 4.59. The van der Waals surface area contributed by atoms with Gasteiger partial charge in [-0.15, -0.1) is 0 Å². The predicted molar refractivity (Wildman–Crippen MR) is 71.1 cm³/mol. The molecule has 0 aliphatic heterocycles. The maximum absolute atomic E-state index is 5.26. The topological polar surface area (TPSA) is 43.0 Å². The van der Waals surface area contributed by atoms with Gasteiger partial charge < -0.3 is 9.73 Å². The van der Waals surface area contributed by atoms with Crippen LogP contribution in [0.4, 0.5) is 0 Å². The highest BCUT2D eigenvalue weighted by molar-refractivity contribution is 5.01. The van der Waals surface area contributed by atoms with Crippen molar-refractivity contribution in [2.45, 2.75) is 45.8 Å². The summed E-state index contributed by atoms with van der Waals surface area (Å²) < 4.78 is 7.33. The van der Waals surface area contributed by atoms with Crippen LogP contribution < -0.4 is 5.32 Å². The molecule has 0 bridgehead atoms. The fourth-order valence-electron chi connectivity index (χ4n) is 2.06. The second-order valence-electron chi connectivity index (χ2n) is 4.44. The molecule has 4 nitrogen and oxygen atoms in total. The van der Waals surface area contributed by atoms with Crippen molar-refractivity contribution < 1.29 is 4.42 Å². The summed E-state index contributed by atoms with van der Waals surface area (Å²) in [6.07, 6.45) is 6.01. The average Bonchev–Trinajstić information content (AvgIpc) is 3.03. The van der Waals surface area contributed by atoms with Crippen LogP contribution >= 0.6 is 0 Å². The lowest BCUT2D eigenvalue weighted by molar-refractivity contribution is 0.423. The third-order valence-corrected chi connectivity index (χ3v) is 3.17. The van der Waals surface area contributed by atoms with Crippen LogP contribution in [0.25, 0.3) is 0 Å². The zero-order chi connectivity index (χ0) is 12.8. The summed E-state index contributed by atoms with van der Waals surface area (Å²) in [4.78, 5) is 0. The van der Waals surface area contributed by atoms with E-state index in [1.807, 2.05) is 12.1 Å². The van der Waals surface area contributed by atoms with Crippen LogP contribution in [0, 0.1) is 0 Å². The van der Waals surface area contributed by atoms with Gasteiger partial charge in [-0.2, -0.15) is 5.10 Å². The van der Waals surface area contributed by atoms with Crippen LogP contribution in [-0.2, 0) is 13.1 Å². The van der Waals surface area contributed by atoms with E-state index in [1.165, 1.54) is 0 Å². The van der Waals surface area contributed by atoms with Gasteiger partial charge in [-0.1, -0.05) is 13.8 Å². The third-order valence-electron chi connectivity index (χ3n) is 3.17. The Bertz CT molecular complexity index is 443. The number of nitrogens with one attached hydrogen (secondary N) is 1. The lowest BCUT2D eigenvalue weighted by Crippen LogP contribution is -2.14. The average molecular weight is 247 g/mol. The van der Waals surface area contributed by atoms with Crippen LogP contribution in [0.3, 0.4) is 0 Å². The molecule has 18 heavy (non-hydrogen) atoms. The maximum atomic E-state index is 5.26. The lowest BCUT2D eigenvalue weighted by Gasteiger charge is -2.12. The SMILES string of the molecule is CCC(CC)n1ccc(CNCc2ccco2)n1. The van der Waals surface area contributed by atoms with Crippen LogP contribution in [0.5, 0.6) is 0 Å². The Hall–Kier alpha value is -1.55. The van der Waals surface area contributed by atoms with E-state index in [1.54, 1.807) is 6.26 Å². The van der Waals surface area contributed by atoms with Gasteiger partial charge in [0.05, 0.1) is 24.5 Å². The number of rotatable bonds is 7. The monoisotopic (exact) mass is 247 g/mol. The van der Waals surface area contributed by atoms with E-state index in [2.05, 4.69) is 41.2 Å². The van der Waals surface area contributed by atoms with E-state index in [0.717, 1.165) is 37.4 Å². The molecule has 0 aromatic carbocycles. The second kappa shape index (κ2) is 6.40. The Balaban J connectivity index is 1.83. The highest BCUT2D eigenvalue weighted by Gasteiger charge is 2.07. The summed E-state index contributed by atoms with van der Waals surface area (Å²) in [5.74, 6) is 0.953. The molecule has 1 N–H and O–H groups in total. The van der Waals surface area contributed by atoms with Gasteiger partial charge in [-0.25, -0.2) is 0 Å². The predicted octanol–water partition coefficient (Wildman–Crippen LogP) is 3.13. The number of hydrogen-bond acceptors (Lipinski definition) is 3. The first-order valence-electron chi connectivity index (χ1n) is 6.60. The summed E-state index contributed by atoms with van der Waals surface area (Å²) in [6, 6.07) is 6.46. The molecule has 0 atom stereocenters. The van der Waals surface area contributed by atoms with E-state index < -0.39 is 0 Å². The van der Waals surface area contributed by atoms with Crippen molar-refractivity contribution in [1.29, 1.82) is 0 Å². The quantitative estimate of drug-likeness (QED) is 0.817. The standard InChI is InChI=1S/C14H21N3O/c1-3-13(4-2)17-8-7-12(16-17)10-15-11-14-6-5-9-18-14/h5-9,13,15H,3-4,10-11H2,1-2H3. The Morgan fingerprint density at radius 3 is 2.78 bits per heavy atom. The van der Waals surface area contributed by atoms with E-state index in [4.69, 9.17) is 4.42 Å². The van der Waals surface area contributed by atoms with Gasteiger partial charge in [0.2, 0.25) is 0 Å². The maximum Gasteiger partial charge on any atom is 0.117 e. The van der Waals surface area contributed by atoms with Crippen molar-refractivity contribution in [3.8, 4) is 0 Å². The number of hydrogen-bond donors (Lipinski definition) is 1. The van der Waals surface area contributed by atoms with Gasteiger partial charge in [0.15, 0.2) is 0 Å². The van der Waals surface area contributed by atoms with Gasteiger partial charge in [-0.3, -0.25) is 4.68 Å². The summed E-state index contributed by atoms with van der Waals surface area (Å²) in [5, 5.41) is 7.92. The molecule has 0 amide bonds. The van der Waals surface area contributed by atoms with E-state index in [0.29, 0.717) is 6.04 Å². The normalized spacial score (nSPS) is 11.3. The first kappa shape index (κ1) is 12.9. The van der Waals surface area contributed by atoms with Crippen molar-refractivity contribution in [3.05, 3.63) is 42.1 Å². The summed E-state index contributed by atoms with van der Waals surface area (Å²) in [6.45, 7) is 5.91. The highest BCUT2D eigenvalue weighted by Crippen LogP contribution is 2.14. The summed E-state index contributed by atoms with van der Waals surface area (Å²) in [5.41, 5.74) is 1.08. The van der Waals surface area contributed by atoms with Gasteiger partial charge in [-0.05, 0) is 31.0 Å². The van der Waals surface area contributed by atoms with Crippen molar-refractivity contribution in [2.75, 3.05) is 0 Å². The van der Waals surface area contributed by atoms with Crippen molar-refractivity contribution in [1.82, 2.24) is 15.1 Å². The van der Waals surface area contributed by atoms with Crippen LogP contribution in [0.2, 0.25) is 0 Å². The van der Waals surface area contributed by atoms with E-state index in [-0.39, 0.29) is 0 Å². The molecule has 0 unspecified atom stereocenters. The number of aromatic nitrogens is 2. The Morgan fingerprint density at radius 1 is 1.28 bits per heavy atom. The van der Waals surface area contributed by atoms with Crippen LogP contribution in [-0.4, -0.2) is 9.78 Å². The Morgan fingerprint density at radius 2 is 2.11 bits per heavy atom. The molecule has 0 radical (unpaired) electrons. The zero-order valence-corrected chi connectivity index (χ0v) is 11.1. The molecule has 0 spiro atoms. The number of furan rings is 1. The molecule has 0 aliphatic carbocycles. The number of nitrogens with zero attached hydrogens (tertiary/aromatic N) is 2. The molecular formula is C14H21N3O. The molecule has 2 aromatic heterocycles. The Labute approximate surface area is 108 Å². The third kappa shape index (κ3) is 3.23. The molecule has 0 fully saturated rings.